The summed E-state index contributed by atoms with van der Waals surface area (Å²) in [4.78, 5) is 17.0. The lowest BCUT2D eigenvalue weighted by Crippen LogP contribution is -2.19. The molecule has 1 aromatic carbocycles. The molecule has 0 unspecified atom stereocenters. The SMILES string of the molecule is COc1ccc(OC)c(-c2csc(NC(=O)C[C@@H](C)n3nc(C)cc3C)n2)c1. The minimum Gasteiger partial charge on any atom is -0.497 e. The lowest BCUT2D eigenvalue weighted by atomic mass is 10.1. The number of ether oxygens (including phenoxy) is 2. The Hall–Kier alpha value is -2.87. The molecule has 3 aromatic rings. The van der Waals surface area contributed by atoms with Gasteiger partial charge >= 0.3 is 0 Å². The third-order valence-electron chi connectivity index (χ3n) is 4.38. The standard InChI is InChI=1S/C20H24N4O3S/c1-12-8-13(2)24(23-12)14(3)9-19(25)22-20-21-17(11-28-20)16-10-15(26-4)6-7-18(16)27-5/h6-8,10-11,14H,9H2,1-5H3,(H,21,22,25)/t14-/m1/s1. The van der Waals surface area contributed by atoms with Gasteiger partial charge in [-0.3, -0.25) is 9.48 Å². The van der Waals surface area contributed by atoms with Crippen molar-refractivity contribution in [3.8, 4) is 22.8 Å². The Labute approximate surface area is 168 Å². The number of benzene rings is 1. The number of amides is 1. The second kappa shape index (κ2) is 8.43. The lowest BCUT2D eigenvalue weighted by Gasteiger charge is -2.13. The van der Waals surface area contributed by atoms with Crippen LogP contribution in [-0.2, 0) is 4.79 Å². The minimum absolute atomic E-state index is 0.0355. The van der Waals surface area contributed by atoms with E-state index < -0.39 is 0 Å². The van der Waals surface area contributed by atoms with Crippen LogP contribution in [0.3, 0.4) is 0 Å². The highest BCUT2D eigenvalue weighted by molar-refractivity contribution is 7.14. The van der Waals surface area contributed by atoms with Crippen LogP contribution in [0.25, 0.3) is 11.3 Å². The van der Waals surface area contributed by atoms with E-state index in [1.54, 1.807) is 14.2 Å². The van der Waals surface area contributed by atoms with Gasteiger partial charge in [0.25, 0.3) is 0 Å². The number of hydrogen-bond donors (Lipinski definition) is 1. The number of carbonyl (C=O) groups excluding carboxylic acids is 1. The Balaban J connectivity index is 1.71. The van der Waals surface area contributed by atoms with E-state index in [1.165, 1.54) is 11.3 Å². The summed E-state index contributed by atoms with van der Waals surface area (Å²) in [6.45, 7) is 5.91. The Kier molecular flexibility index (Phi) is 5.99. The first-order chi connectivity index (χ1) is 13.4. The number of nitrogens with one attached hydrogen (secondary N) is 1. The van der Waals surface area contributed by atoms with Gasteiger partial charge in [0.15, 0.2) is 5.13 Å². The molecule has 2 aromatic heterocycles. The molecule has 0 saturated carbocycles. The van der Waals surface area contributed by atoms with Crippen molar-refractivity contribution in [3.63, 3.8) is 0 Å². The molecule has 0 radical (unpaired) electrons. The fraction of sp³-hybridized carbons (Fsp3) is 0.350. The average Bonchev–Trinajstić information content (AvgIpc) is 3.26. The molecule has 3 rings (SSSR count). The number of hydrogen-bond acceptors (Lipinski definition) is 6. The van der Waals surface area contributed by atoms with Crippen molar-refractivity contribution >= 4 is 22.4 Å². The van der Waals surface area contributed by atoms with E-state index in [0.29, 0.717) is 23.1 Å². The zero-order chi connectivity index (χ0) is 20.3. The summed E-state index contributed by atoms with van der Waals surface area (Å²) < 4.78 is 12.6. The number of carbonyl (C=O) groups is 1. The molecular weight excluding hydrogens is 376 g/mol. The van der Waals surface area contributed by atoms with Gasteiger partial charge in [-0.1, -0.05) is 0 Å². The monoisotopic (exact) mass is 400 g/mol. The number of aromatic nitrogens is 3. The molecule has 148 valence electrons. The van der Waals surface area contributed by atoms with Crippen molar-refractivity contribution in [2.24, 2.45) is 0 Å². The van der Waals surface area contributed by atoms with Crippen molar-refractivity contribution in [1.29, 1.82) is 0 Å². The van der Waals surface area contributed by atoms with Crippen molar-refractivity contribution in [1.82, 2.24) is 14.8 Å². The number of thiazole rings is 1. The van der Waals surface area contributed by atoms with E-state index in [-0.39, 0.29) is 11.9 Å². The van der Waals surface area contributed by atoms with Crippen molar-refractivity contribution < 1.29 is 14.3 Å². The number of methoxy groups -OCH3 is 2. The average molecular weight is 401 g/mol. The van der Waals surface area contributed by atoms with Crippen LogP contribution in [0.4, 0.5) is 5.13 Å². The molecule has 1 N–H and O–H groups in total. The third kappa shape index (κ3) is 4.33. The van der Waals surface area contributed by atoms with Gasteiger partial charge in [0.2, 0.25) is 5.91 Å². The van der Waals surface area contributed by atoms with Crippen LogP contribution < -0.4 is 14.8 Å². The van der Waals surface area contributed by atoms with Gasteiger partial charge in [-0.25, -0.2) is 4.98 Å². The Morgan fingerprint density at radius 3 is 2.68 bits per heavy atom. The second-order valence-corrected chi connectivity index (χ2v) is 7.44. The number of nitrogens with zero attached hydrogens (tertiary/aromatic N) is 3. The maximum atomic E-state index is 12.5. The van der Waals surface area contributed by atoms with Crippen molar-refractivity contribution in [2.75, 3.05) is 19.5 Å². The van der Waals surface area contributed by atoms with Crippen LogP contribution in [0.5, 0.6) is 11.5 Å². The highest BCUT2D eigenvalue weighted by Gasteiger charge is 2.16. The smallest absolute Gasteiger partial charge is 0.228 e. The molecule has 0 aliphatic heterocycles. The first-order valence-electron chi connectivity index (χ1n) is 8.91. The largest absolute Gasteiger partial charge is 0.497 e. The summed E-state index contributed by atoms with van der Waals surface area (Å²) in [6, 6.07) is 7.50. The van der Waals surface area contributed by atoms with E-state index >= 15 is 0 Å². The van der Waals surface area contributed by atoms with Crippen LogP contribution in [0.15, 0.2) is 29.6 Å². The van der Waals surface area contributed by atoms with Crippen LogP contribution in [0.2, 0.25) is 0 Å². The third-order valence-corrected chi connectivity index (χ3v) is 5.13. The highest BCUT2D eigenvalue weighted by atomic mass is 32.1. The second-order valence-electron chi connectivity index (χ2n) is 6.58. The molecular formula is C20H24N4O3S. The Bertz CT molecular complexity index is 980. The summed E-state index contributed by atoms with van der Waals surface area (Å²) in [6.07, 6.45) is 0.319. The number of anilines is 1. The van der Waals surface area contributed by atoms with Crippen molar-refractivity contribution in [2.45, 2.75) is 33.2 Å². The normalized spacial score (nSPS) is 11.9. The number of rotatable bonds is 7. The topological polar surface area (TPSA) is 78.3 Å². The van der Waals surface area contributed by atoms with E-state index in [2.05, 4.69) is 15.4 Å². The van der Waals surface area contributed by atoms with E-state index in [0.717, 1.165) is 22.6 Å². The van der Waals surface area contributed by atoms with Crippen LogP contribution in [0.1, 0.15) is 30.8 Å². The lowest BCUT2D eigenvalue weighted by molar-refractivity contribution is -0.116. The molecule has 0 saturated heterocycles. The van der Waals surface area contributed by atoms with Gasteiger partial charge in [0.05, 0.1) is 31.6 Å². The summed E-state index contributed by atoms with van der Waals surface area (Å²) in [5, 5.41) is 9.76. The minimum atomic E-state index is -0.0986. The predicted octanol–water partition coefficient (Wildman–Crippen LogP) is 4.23. The zero-order valence-corrected chi connectivity index (χ0v) is 17.5. The first-order valence-corrected chi connectivity index (χ1v) is 9.79. The van der Waals surface area contributed by atoms with Crippen molar-refractivity contribution in [3.05, 3.63) is 41.0 Å². The van der Waals surface area contributed by atoms with Gasteiger partial charge < -0.3 is 14.8 Å². The first kappa shape index (κ1) is 19.9. The zero-order valence-electron chi connectivity index (χ0n) is 16.6. The molecule has 1 amide bonds. The molecule has 0 fully saturated rings. The molecule has 1 atom stereocenters. The summed E-state index contributed by atoms with van der Waals surface area (Å²) >= 11 is 1.37. The summed E-state index contributed by atoms with van der Waals surface area (Å²) in [5.74, 6) is 1.31. The molecule has 0 aliphatic rings. The van der Waals surface area contributed by atoms with Gasteiger partial charge in [-0.05, 0) is 45.0 Å². The van der Waals surface area contributed by atoms with Crippen LogP contribution >= 0.6 is 11.3 Å². The van der Waals surface area contributed by atoms with E-state index in [4.69, 9.17) is 9.47 Å². The molecule has 0 bridgehead atoms. The van der Waals surface area contributed by atoms with Gasteiger partial charge in [0, 0.05) is 23.1 Å². The fourth-order valence-electron chi connectivity index (χ4n) is 3.09. The molecule has 28 heavy (non-hydrogen) atoms. The molecule has 8 heteroatoms. The highest BCUT2D eigenvalue weighted by Crippen LogP contribution is 2.35. The predicted molar refractivity (Wildman–Crippen MR) is 110 cm³/mol. The van der Waals surface area contributed by atoms with Crippen LogP contribution in [0, 0.1) is 13.8 Å². The Morgan fingerprint density at radius 1 is 1.25 bits per heavy atom. The Morgan fingerprint density at radius 2 is 2.04 bits per heavy atom. The maximum Gasteiger partial charge on any atom is 0.228 e. The van der Waals surface area contributed by atoms with E-state index in [1.807, 2.05) is 55.1 Å². The quantitative estimate of drug-likeness (QED) is 0.642. The van der Waals surface area contributed by atoms with Gasteiger partial charge in [0.1, 0.15) is 11.5 Å². The maximum absolute atomic E-state index is 12.5. The molecule has 0 spiro atoms. The molecule has 7 nitrogen and oxygen atoms in total. The fourth-order valence-corrected chi connectivity index (χ4v) is 3.81. The summed E-state index contributed by atoms with van der Waals surface area (Å²) in [7, 11) is 3.23. The van der Waals surface area contributed by atoms with E-state index in [9.17, 15) is 4.79 Å². The molecule has 0 aliphatic carbocycles. The van der Waals surface area contributed by atoms with Crippen LogP contribution in [-0.4, -0.2) is 34.9 Å². The molecule has 2 heterocycles. The number of aryl methyl sites for hydroxylation is 2. The van der Waals surface area contributed by atoms with Gasteiger partial charge in [-0.15, -0.1) is 11.3 Å². The summed E-state index contributed by atoms with van der Waals surface area (Å²) in [5.41, 5.74) is 3.53. The van der Waals surface area contributed by atoms with Gasteiger partial charge in [-0.2, -0.15) is 5.10 Å².